The van der Waals surface area contributed by atoms with Gasteiger partial charge < -0.3 is 4.74 Å². The maximum Gasteiger partial charge on any atom is 0.433 e. The van der Waals surface area contributed by atoms with Crippen molar-refractivity contribution < 1.29 is 17.9 Å². The Kier molecular flexibility index (Phi) is 3.66. The topological polar surface area (TPSA) is 22.1 Å². The Balaban J connectivity index is 2.96. The number of benzene rings is 1. The standard InChI is InChI=1S/C12H8BrClF3NO/c1-5-9(14)8-7(19-2)4-3-6(13)10(8)18-11(5)12(15,16)17/h3-4H,1-2H3. The van der Waals surface area contributed by atoms with Crippen LogP contribution in [0.1, 0.15) is 11.3 Å². The largest absolute Gasteiger partial charge is 0.496 e. The number of pyridine rings is 1. The molecule has 19 heavy (non-hydrogen) atoms. The van der Waals surface area contributed by atoms with Crippen molar-refractivity contribution in [2.75, 3.05) is 7.11 Å². The number of nitrogens with zero attached hydrogens (tertiary/aromatic N) is 1. The van der Waals surface area contributed by atoms with Gasteiger partial charge in [0, 0.05) is 4.47 Å². The lowest BCUT2D eigenvalue weighted by atomic mass is 10.1. The number of ether oxygens (including phenoxy) is 1. The van der Waals surface area contributed by atoms with E-state index < -0.39 is 11.9 Å². The molecule has 7 heteroatoms. The maximum absolute atomic E-state index is 12.9. The predicted octanol–water partition coefficient (Wildman–Crippen LogP) is 4.99. The Labute approximate surface area is 120 Å². The molecule has 0 atom stereocenters. The first-order chi connectivity index (χ1) is 8.77. The predicted molar refractivity (Wildman–Crippen MR) is 70.7 cm³/mol. The smallest absolute Gasteiger partial charge is 0.433 e. The van der Waals surface area contributed by atoms with Crippen molar-refractivity contribution in [2.24, 2.45) is 0 Å². The molecule has 0 radical (unpaired) electrons. The molecule has 0 aliphatic carbocycles. The monoisotopic (exact) mass is 353 g/mol. The van der Waals surface area contributed by atoms with Gasteiger partial charge in [-0.1, -0.05) is 11.6 Å². The van der Waals surface area contributed by atoms with Gasteiger partial charge in [0.05, 0.1) is 23.0 Å². The summed E-state index contributed by atoms with van der Waals surface area (Å²) < 4.78 is 44.3. The first-order valence-electron chi connectivity index (χ1n) is 5.17. The van der Waals surface area contributed by atoms with Crippen molar-refractivity contribution in [1.29, 1.82) is 0 Å². The highest BCUT2D eigenvalue weighted by Gasteiger charge is 2.36. The number of rotatable bonds is 1. The van der Waals surface area contributed by atoms with Crippen LogP contribution in [0.4, 0.5) is 13.2 Å². The fourth-order valence-electron chi connectivity index (χ4n) is 1.80. The molecule has 2 aromatic rings. The van der Waals surface area contributed by atoms with Gasteiger partial charge in [-0.05, 0) is 40.5 Å². The Hall–Kier alpha value is -1.01. The van der Waals surface area contributed by atoms with Crippen LogP contribution in [0.5, 0.6) is 5.75 Å². The van der Waals surface area contributed by atoms with E-state index in [1.807, 2.05) is 0 Å². The lowest BCUT2D eigenvalue weighted by Gasteiger charge is -2.15. The Morgan fingerprint density at radius 1 is 1.32 bits per heavy atom. The molecule has 0 N–H and O–H groups in total. The Morgan fingerprint density at radius 2 is 1.95 bits per heavy atom. The van der Waals surface area contributed by atoms with E-state index in [-0.39, 0.29) is 16.1 Å². The van der Waals surface area contributed by atoms with Gasteiger partial charge in [0.25, 0.3) is 0 Å². The van der Waals surface area contributed by atoms with Crippen molar-refractivity contribution in [3.63, 3.8) is 0 Å². The number of hydrogen-bond donors (Lipinski definition) is 0. The summed E-state index contributed by atoms with van der Waals surface area (Å²) in [5, 5.41) is 0.361. The quantitative estimate of drug-likeness (QED) is 0.720. The molecule has 0 aliphatic rings. The summed E-state index contributed by atoms with van der Waals surface area (Å²) in [6, 6.07) is 3.19. The molecule has 1 aromatic heterocycles. The van der Waals surface area contributed by atoms with Gasteiger partial charge in [-0.3, -0.25) is 0 Å². The molecule has 0 unspecified atom stereocenters. The summed E-state index contributed by atoms with van der Waals surface area (Å²) >= 11 is 9.23. The van der Waals surface area contributed by atoms with E-state index in [0.717, 1.165) is 0 Å². The SMILES string of the molecule is COc1ccc(Br)c2nc(C(F)(F)F)c(C)c(Cl)c12. The molecule has 2 rings (SSSR count). The van der Waals surface area contributed by atoms with Crippen LogP contribution in [0, 0.1) is 6.92 Å². The van der Waals surface area contributed by atoms with Crippen LogP contribution in [-0.4, -0.2) is 12.1 Å². The molecule has 0 aliphatic heterocycles. The molecule has 0 saturated carbocycles. The van der Waals surface area contributed by atoms with Gasteiger partial charge in [0.1, 0.15) is 11.4 Å². The minimum absolute atomic E-state index is 0.00419. The molecule has 0 amide bonds. The highest BCUT2D eigenvalue weighted by Crippen LogP contribution is 2.41. The van der Waals surface area contributed by atoms with Crippen LogP contribution in [0.15, 0.2) is 16.6 Å². The fourth-order valence-corrected chi connectivity index (χ4v) is 2.49. The van der Waals surface area contributed by atoms with Gasteiger partial charge in [0.2, 0.25) is 0 Å². The van der Waals surface area contributed by atoms with E-state index in [2.05, 4.69) is 20.9 Å². The van der Waals surface area contributed by atoms with Crippen molar-refractivity contribution in [1.82, 2.24) is 4.98 Å². The molecule has 0 fully saturated rings. The minimum Gasteiger partial charge on any atom is -0.496 e. The maximum atomic E-state index is 12.9. The van der Waals surface area contributed by atoms with E-state index in [1.54, 1.807) is 12.1 Å². The molecule has 2 nitrogen and oxygen atoms in total. The van der Waals surface area contributed by atoms with Crippen LogP contribution >= 0.6 is 27.5 Å². The zero-order chi connectivity index (χ0) is 14.4. The zero-order valence-corrected chi connectivity index (χ0v) is 12.2. The van der Waals surface area contributed by atoms with Crippen LogP contribution in [0.2, 0.25) is 5.02 Å². The Bertz CT molecular complexity index is 658. The van der Waals surface area contributed by atoms with Crippen LogP contribution < -0.4 is 4.74 Å². The van der Waals surface area contributed by atoms with Gasteiger partial charge >= 0.3 is 6.18 Å². The average molecular weight is 355 g/mol. The van der Waals surface area contributed by atoms with Crippen LogP contribution in [-0.2, 0) is 6.18 Å². The number of hydrogen-bond acceptors (Lipinski definition) is 2. The molecule has 0 bridgehead atoms. The number of aromatic nitrogens is 1. The van der Waals surface area contributed by atoms with Crippen molar-refractivity contribution >= 4 is 38.4 Å². The van der Waals surface area contributed by atoms with Crippen molar-refractivity contribution in [3.05, 3.63) is 32.9 Å². The van der Waals surface area contributed by atoms with Gasteiger partial charge in [-0.2, -0.15) is 13.2 Å². The summed E-state index contributed by atoms with van der Waals surface area (Å²) in [6.45, 7) is 1.29. The fraction of sp³-hybridized carbons (Fsp3) is 0.250. The van der Waals surface area contributed by atoms with Gasteiger partial charge in [-0.25, -0.2) is 4.98 Å². The molecule has 1 heterocycles. The third kappa shape index (κ3) is 2.39. The molecule has 0 spiro atoms. The first kappa shape index (κ1) is 14.4. The molecule has 1 aromatic carbocycles. The molecule has 102 valence electrons. The summed E-state index contributed by atoms with van der Waals surface area (Å²) in [6.07, 6.45) is -4.55. The zero-order valence-electron chi connectivity index (χ0n) is 9.90. The summed E-state index contributed by atoms with van der Waals surface area (Å²) in [5.41, 5.74) is -0.973. The van der Waals surface area contributed by atoms with Crippen molar-refractivity contribution in [2.45, 2.75) is 13.1 Å². The summed E-state index contributed by atoms with van der Waals surface area (Å²) in [5.74, 6) is 0.382. The second-order valence-corrected chi connectivity index (χ2v) is 5.10. The number of alkyl halides is 3. The Morgan fingerprint density at radius 3 is 2.47 bits per heavy atom. The first-order valence-corrected chi connectivity index (χ1v) is 6.34. The highest BCUT2D eigenvalue weighted by atomic mass is 79.9. The van der Waals surface area contributed by atoms with Crippen LogP contribution in [0.3, 0.4) is 0 Å². The third-order valence-corrected chi connectivity index (χ3v) is 3.82. The molecular formula is C12H8BrClF3NO. The average Bonchev–Trinajstić information content (AvgIpc) is 2.32. The number of halogens is 5. The summed E-state index contributed by atoms with van der Waals surface area (Å²) in [7, 11) is 1.42. The van der Waals surface area contributed by atoms with E-state index in [0.29, 0.717) is 15.6 Å². The molecule has 0 saturated heterocycles. The lowest BCUT2D eigenvalue weighted by molar-refractivity contribution is -0.141. The second-order valence-electron chi connectivity index (χ2n) is 3.87. The number of fused-ring (bicyclic) bond motifs is 1. The number of methoxy groups -OCH3 is 1. The lowest BCUT2D eigenvalue weighted by Crippen LogP contribution is -2.11. The highest BCUT2D eigenvalue weighted by molar-refractivity contribution is 9.10. The van der Waals surface area contributed by atoms with Gasteiger partial charge in [0.15, 0.2) is 0 Å². The van der Waals surface area contributed by atoms with E-state index in [1.165, 1.54) is 14.0 Å². The second kappa shape index (κ2) is 4.83. The minimum atomic E-state index is -4.55. The third-order valence-electron chi connectivity index (χ3n) is 2.71. The summed E-state index contributed by atoms with van der Waals surface area (Å²) in [4.78, 5) is 3.68. The van der Waals surface area contributed by atoms with E-state index in [9.17, 15) is 13.2 Å². The van der Waals surface area contributed by atoms with Gasteiger partial charge in [-0.15, -0.1) is 0 Å². The van der Waals surface area contributed by atoms with E-state index >= 15 is 0 Å². The molecular weight excluding hydrogens is 346 g/mol. The normalized spacial score (nSPS) is 11.9. The van der Waals surface area contributed by atoms with E-state index in [4.69, 9.17) is 16.3 Å². The van der Waals surface area contributed by atoms with Crippen molar-refractivity contribution in [3.8, 4) is 5.75 Å². The van der Waals surface area contributed by atoms with Crippen LogP contribution in [0.25, 0.3) is 10.9 Å².